The van der Waals surface area contributed by atoms with Gasteiger partial charge in [0.25, 0.3) is 0 Å². The Labute approximate surface area is 88.1 Å². The third-order valence-corrected chi connectivity index (χ3v) is 1.91. The molecule has 0 fully saturated rings. The molecule has 0 spiro atoms. The van der Waals surface area contributed by atoms with Gasteiger partial charge in [0.2, 0.25) is 0 Å². The first-order valence-electron chi connectivity index (χ1n) is 4.19. The molecule has 0 atom stereocenters. The Hall–Kier alpha value is -1.28. The Morgan fingerprint density at radius 3 is 2.57 bits per heavy atom. The van der Waals surface area contributed by atoms with Crippen molar-refractivity contribution in [3.8, 4) is 0 Å². The van der Waals surface area contributed by atoms with Gasteiger partial charge in [0.1, 0.15) is 0 Å². The van der Waals surface area contributed by atoms with Crippen molar-refractivity contribution in [1.82, 2.24) is 0 Å². The number of hydrogen-bond acceptors (Lipinski definition) is 2. The summed E-state index contributed by atoms with van der Waals surface area (Å²) in [5.74, 6) is 0.163. The highest BCUT2D eigenvalue weighted by molar-refractivity contribution is 6.19. The number of esters is 1. The minimum absolute atomic E-state index is 0.321. The standard InChI is InChI=1S/C11H11ClO2/c1-14-11(13)10-6-4-9(5-7-10)3-2-8-12/h2-7H,8H2,1H3. The summed E-state index contributed by atoms with van der Waals surface area (Å²) >= 11 is 5.49. The van der Waals surface area contributed by atoms with Gasteiger partial charge >= 0.3 is 5.97 Å². The number of hydrogen-bond donors (Lipinski definition) is 0. The largest absolute Gasteiger partial charge is 0.465 e. The van der Waals surface area contributed by atoms with Crippen LogP contribution < -0.4 is 0 Å². The molecule has 1 rings (SSSR count). The first-order chi connectivity index (χ1) is 6.77. The van der Waals surface area contributed by atoms with Crippen molar-refractivity contribution in [2.45, 2.75) is 0 Å². The number of methoxy groups -OCH3 is 1. The predicted molar refractivity (Wildman–Crippen MR) is 57.5 cm³/mol. The highest BCUT2D eigenvalue weighted by Gasteiger charge is 2.02. The van der Waals surface area contributed by atoms with Crippen LogP contribution in [0, 0.1) is 0 Å². The van der Waals surface area contributed by atoms with Gasteiger partial charge in [-0.3, -0.25) is 0 Å². The number of benzene rings is 1. The lowest BCUT2D eigenvalue weighted by Gasteiger charge is -1.98. The number of carbonyl (C=O) groups is 1. The Balaban J connectivity index is 2.78. The van der Waals surface area contributed by atoms with E-state index in [9.17, 15) is 4.79 Å². The van der Waals surface area contributed by atoms with Crippen LogP contribution >= 0.6 is 11.6 Å². The zero-order valence-electron chi connectivity index (χ0n) is 7.87. The number of carbonyl (C=O) groups excluding carboxylic acids is 1. The van der Waals surface area contributed by atoms with Crippen LogP contribution in [0.4, 0.5) is 0 Å². The van der Waals surface area contributed by atoms with Gasteiger partial charge in [0, 0.05) is 5.88 Å². The van der Waals surface area contributed by atoms with Gasteiger partial charge in [0.05, 0.1) is 12.7 Å². The Kier molecular flexibility index (Phi) is 4.20. The first kappa shape index (κ1) is 10.8. The molecule has 0 saturated heterocycles. The van der Waals surface area contributed by atoms with Crippen molar-refractivity contribution in [2.24, 2.45) is 0 Å². The van der Waals surface area contributed by atoms with Gasteiger partial charge in [-0.1, -0.05) is 24.3 Å². The molecule has 0 amide bonds. The molecule has 2 nitrogen and oxygen atoms in total. The highest BCUT2D eigenvalue weighted by atomic mass is 35.5. The molecular weight excluding hydrogens is 200 g/mol. The lowest BCUT2D eigenvalue weighted by atomic mass is 10.1. The van der Waals surface area contributed by atoms with Crippen LogP contribution in [0.15, 0.2) is 30.3 Å². The van der Waals surface area contributed by atoms with Crippen LogP contribution in [0.5, 0.6) is 0 Å². The second kappa shape index (κ2) is 5.45. The summed E-state index contributed by atoms with van der Waals surface area (Å²) < 4.78 is 4.58. The maximum Gasteiger partial charge on any atom is 0.337 e. The van der Waals surface area contributed by atoms with Crippen molar-refractivity contribution in [1.29, 1.82) is 0 Å². The van der Waals surface area contributed by atoms with Crippen molar-refractivity contribution in [2.75, 3.05) is 13.0 Å². The van der Waals surface area contributed by atoms with Crippen LogP contribution in [-0.4, -0.2) is 19.0 Å². The molecule has 74 valence electrons. The van der Waals surface area contributed by atoms with E-state index in [2.05, 4.69) is 4.74 Å². The number of alkyl halides is 1. The van der Waals surface area contributed by atoms with E-state index in [0.29, 0.717) is 11.4 Å². The zero-order chi connectivity index (χ0) is 10.4. The maximum atomic E-state index is 11.1. The second-order valence-electron chi connectivity index (χ2n) is 2.67. The topological polar surface area (TPSA) is 26.3 Å². The molecule has 0 aliphatic heterocycles. The van der Waals surface area contributed by atoms with Crippen LogP contribution in [0.1, 0.15) is 15.9 Å². The van der Waals surface area contributed by atoms with E-state index >= 15 is 0 Å². The van der Waals surface area contributed by atoms with Crippen molar-refractivity contribution < 1.29 is 9.53 Å². The van der Waals surface area contributed by atoms with Gasteiger partial charge in [-0.2, -0.15) is 0 Å². The molecule has 3 heteroatoms. The Morgan fingerprint density at radius 1 is 1.43 bits per heavy atom. The molecule has 0 N–H and O–H groups in total. The van der Waals surface area contributed by atoms with Crippen LogP contribution in [0.25, 0.3) is 6.08 Å². The molecule has 14 heavy (non-hydrogen) atoms. The van der Waals surface area contributed by atoms with Gasteiger partial charge in [-0.05, 0) is 17.7 Å². The number of allylic oxidation sites excluding steroid dienone is 1. The van der Waals surface area contributed by atoms with Gasteiger partial charge < -0.3 is 4.74 Å². The summed E-state index contributed by atoms with van der Waals surface area (Å²) in [7, 11) is 1.36. The SMILES string of the molecule is COC(=O)c1ccc(C=CCCl)cc1. The van der Waals surface area contributed by atoms with Gasteiger partial charge in [0.15, 0.2) is 0 Å². The molecule has 0 unspecified atom stereocenters. The average molecular weight is 211 g/mol. The molecule has 0 aliphatic carbocycles. The second-order valence-corrected chi connectivity index (χ2v) is 2.98. The maximum absolute atomic E-state index is 11.1. The Morgan fingerprint density at radius 2 is 2.07 bits per heavy atom. The van der Waals surface area contributed by atoms with E-state index in [1.165, 1.54) is 7.11 Å². The average Bonchev–Trinajstić information content (AvgIpc) is 2.26. The fourth-order valence-electron chi connectivity index (χ4n) is 1.03. The zero-order valence-corrected chi connectivity index (χ0v) is 8.62. The minimum Gasteiger partial charge on any atom is -0.465 e. The Bertz CT molecular complexity index is 328. The highest BCUT2D eigenvalue weighted by Crippen LogP contribution is 2.07. The van der Waals surface area contributed by atoms with E-state index in [1.807, 2.05) is 24.3 Å². The summed E-state index contributed by atoms with van der Waals surface area (Å²) in [4.78, 5) is 11.1. The molecule has 0 bridgehead atoms. The molecule has 0 saturated carbocycles. The summed E-state index contributed by atoms with van der Waals surface area (Å²) in [6.07, 6.45) is 3.74. The molecule has 0 radical (unpaired) electrons. The molecule has 1 aromatic rings. The lowest BCUT2D eigenvalue weighted by Crippen LogP contribution is -2.00. The number of rotatable bonds is 3. The summed E-state index contributed by atoms with van der Waals surface area (Å²) in [5, 5.41) is 0. The lowest BCUT2D eigenvalue weighted by molar-refractivity contribution is 0.0601. The van der Waals surface area contributed by atoms with Crippen molar-refractivity contribution in [3.05, 3.63) is 41.5 Å². The van der Waals surface area contributed by atoms with E-state index in [-0.39, 0.29) is 5.97 Å². The molecule has 0 aliphatic rings. The van der Waals surface area contributed by atoms with Crippen LogP contribution in [0.3, 0.4) is 0 Å². The monoisotopic (exact) mass is 210 g/mol. The number of halogens is 1. The summed E-state index contributed by atoms with van der Waals surface area (Å²) in [6, 6.07) is 7.13. The number of ether oxygens (including phenoxy) is 1. The van der Waals surface area contributed by atoms with Crippen LogP contribution in [-0.2, 0) is 4.74 Å². The third-order valence-electron chi connectivity index (χ3n) is 1.73. The molecule has 1 aromatic carbocycles. The fraction of sp³-hybridized carbons (Fsp3) is 0.182. The normalized spacial score (nSPS) is 10.4. The summed E-state index contributed by atoms with van der Waals surface area (Å²) in [6.45, 7) is 0. The van der Waals surface area contributed by atoms with Crippen molar-refractivity contribution in [3.63, 3.8) is 0 Å². The van der Waals surface area contributed by atoms with Gasteiger partial charge in [-0.25, -0.2) is 4.79 Å². The van der Waals surface area contributed by atoms with Crippen LogP contribution in [0.2, 0.25) is 0 Å². The van der Waals surface area contributed by atoms with E-state index in [1.54, 1.807) is 12.1 Å². The summed E-state index contributed by atoms with van der Waals surface area (Å²) in [5.41, 5.74) is 1.56. The van der Waals surface area contributed by atoms with E-state index in [0.717, 1.165) is 5.56 Å². The third kappa shape index (κ3) is 2.89. The predicted octanol–water partition coefficient (Wildman–Crippen LogP) is 2.73. The van der Waals surface area contributed by atoms with E-state index in [4.69, 9.17) is 11.6 Å². The minimum atomic E-state index is -0.321. The molecular formula is C11H11ClO2. The smallest absolute Gasteiger partial charge is 0.337 e. The van der Waals surface area contributed by atoms with Crippen molar-refractivity contribution >= 4 is 23.6 Å². The van der Waals surface area contributed by atoms with E-state index < -0.39 is 0 Å². The molecule has 0 heterocycles. The fourth-order valence-corrected chi connectivity index (χ4v) is 1.12. The first-order valence-corrected chi connectivity index (χ1v) is 4.72. The quantitative estimate of drug-likeness (QED) is 0.567. The van der Waals surface area contributed by atoms with Gasteiger partial charge in [-0.15, -0.1) is 11.6 Å². The molecule has 0 aromatic heterocycles.